The lowest BCUT2D eigenvalue weighted by Gasteiger charge is -1.88. The van der Waals surface area contributed by atoms with Crippen LogP contribution in [0, 0.1) is 10.4 Å². The summed E-state index contributed by atoms with van der Waals surface area (Å²) in [4.78, 5) is 0. The molecule has 4 aliphatic carbocycles. The molecule has 0 radical (unpaired) electrons. The van der Waals surface area contributed by atoms with E-state index in [1.165, 1.54) is 32.7 Å². The molecular weight excluding hydrogens is 168 g/mol. The van der Waals surface area contributed by atoms with Crippen LogP contribution in [-0.2, 0) is 0 Å². The van der Waals surface area contributed by atoms with Crippen molar-refractivity contribution in [1.29, 1.82) is 0 Å². The Morgan fingerprint density at radius 3 is 1.57 bits per heavy atom. The van der Waals surface area contributed by atoms with Gasteiger partial charge >= 0.3 is 0 Å². The quantitative estimate of drug-likeness (QED) is 0.384. The Labute approximate surface area is 81.8 Å². The van der Waals surface area contributed by atoms with Crippen molar-refractivity contribution >= 4 is 0 Å². The lowest BCUT2D eigenvalue weighted by atomic mass is 10.2. The molecule has 0 aromatic heterocycles. The molecule has 0 heterocycles. The molecule has 0 nitrogen and oxygen atoms in total. The van der Waals surface area contributed by atoms with Crippen molar-refractivity contribution in [2.24, 2.45) is 0 Å². The largest absolute Gasteiger partial charge is 0.0610 e. The molecule has 0 spiro atoms. The summed E-state index contributed by atoms with van der Waals surface area (Å²) < 4.78 is 0. The molecule has 0 aromatic carbocycles. The van der Waals surface area contributed by atoms with Crippen LogP contribution >= 0.6 is 0 Å². The van der Waals surface area contributed by atoms with Crippen molar-refractivity contribution in [1.82, 2.24) is 0 Å². The highest BCUT2D eigenvalue weighted by atomic mass is 14.2. The molecule has 14 heavy (non-hydrogen) atoms. The first-order valence-electron chi connectivity index (χ1n) is 4.89. The van der Waals surface area contributed by atoms with Gasteiger partial charge in [-0.25, -0.2) is 0 Å². The van der Waals surface area contributed by atoms with E-state index in [4.69, 9.17) is 0 Å². The van der Waals surface area contributed by atoms with Gasteiger partial charge in [-0.05, 0) is 44.8 Å². The first kappa shape index (κ1) is 6.61. The standard InChI is InChI=1S/C14H8/c1-3-9-7-14-12-6-2-4-10(12)8-13(14)11(9)5-1/h1-8H. The van der Waals surface area contributed by atoms with Crippen molar-refractivity contribution in [2.45, 2.75) is 0 Å². The molecule has 0 atom stereocenters. The molecule has 4 rings (SSSR count). The van der Waals surface area contributed by atoms with Gasteiger partial charge in [0.2, 0.25) is 0 Å². The predicted octanol–water partition coefficient (Wildman–Crippen LogP) is 3.50. The van der Waals surface area contributed by atoms with Gasteiger partial charge in [0, 0.05) is 0 Å². The topological polar surface area (TPSA) is 0 Å². The van der Waals surface area contributed by atoms with Gasteiger partial charge in [0.25, 0.3) is 0 Å². The van der Waals surface area contributed by atoms with Crippen molar-refractivity contribution in [3.63, 3.8) is 0 Å². The predicted molar refractivity (Wildman–Crippen MR) is 57.4 cm³/mol. The summed E-state index contributed by atoms with van der Waals surface area (Å²) >= 11 is 0. The van der Waals surface area contributed by atoms with Crippen molar-refractivity contribution in [3.05, 3.63) is 59.0 Å². The van der Waals surface area contributed by atoms with Crippen LogP contribution in [0.2, 0.25) is 0 Å². The van der Waals surface area contributed by atoms with E-state index in [2.05, 4.69) is 48.5 Å². The highest BCUT2D eigenvalue weighted by Gasteiger charge is 2.14. The van der Waals surface area contributed by atoms with E-state index >= 15 is 0 Å². The minimum Gasteiger partial charge on any atom is -0.0610 e. The van der Waals surface area contributed by atoms with Gasteiger partial charge in [0.05, 0.1) is 0 Å². The summed E-state index contributed by atoms with van der Waals surface area (Å²) in [6.07, 6.45) is 0. The summed E-state index contributed by atoms with van der Waals surface area (Å²) in [7, 11) is 0. The van der Waals surface area contributed by atoms with E-state index in [1.54, 1.807) is 0 Å². The van der Waals surface area contributed by atoms with Crippen LogP contribution in [0.15, 0.2) is 48.5 Å². The van der Waals surface area contributed by atoms with E-state index in [-0.39, 0.29) is 0 Å². The maximum absolute atomic E-state index is 2.30. The molecule has 0 aliphatic heterocycles. The van der Waals surface area contributed by atoms with Crippen LogP contribution in [-0.4, -0.2) is 0 Å². The highest BCUT2D eigenvalue weighted by molar-refractivity contribution is 5.79. The monoisotopic (exact) mass is 176 g/mol. The van der Waals surface area contributed by atoms with Crippen LogP contribution in [0.25, 0.3) is 22.3 Å². The SMILES string of the molecule is c1cc2cc3c4cccc-4cc=3c-2c1. The second-order valence-corrected chi connectivity index (χ2v) is 3.91. The number of hydrogen-bond donors (Lipinski definition) is 0. The molecule has 0 saturated heterocycles. The summed E-state index contributed by atoms with van der Waals surface area (Å²) in [6, 6.07) is 17.6. The second kappa shape index (κ2) is 1.98. The van der Waals surface area contributed by atoms with Gasteiger partial charge < -0.3 is 0 Å². The zero-order valence-electron chi connectivity index (χ0n) is 7.62. The maximum atomic E-state index is 2.30. The zero-order chi connectivity index (χ0) is 9.12. The fraction of sp³-hybridized carbons (Fsp3) is 0. The lowest BCUT2D eigenvalue weighted by Crippen LogP contribution is -1.63. The van der Waals surface area contributed by atoms with Crippen LogP contribution in [0.4, 0.5) is 0 Å². The molecule has 0 unspecified atom stereocenters. The molecule has 0 amide bonds. The van der Waals surface area contributed by atoms with E-state index in [0.29, 0.717) is 0 Å². The lowest BCUT2D eigenvalue weighted by molar-refractivity contribution is 1.71. The maximum Gasteiger partial charge on any atom is -0.00928 e. The smallest absolute Gasteiger partial charge is 0.00928 e. The first-order valence-corrected chi connectivity index (χ1v) is 4.89. The normalized spacial score (nSPS) is 12.3. The average molecular weight is 176 g/mol. The van der Waals surface area contributed by atoms with Crippen LogP contribution in [0.5, 0.6) is 0 Å². The molecule has 0 heteroatoms. The summed E-state index contributed by atoms with van der Waals surface area (Å²) in [5, 5.41) is 2.83. The Bertz CT molecular complexity index is 618. The van der Waals surface area contributed by atoms with Gasteiger partial charge in [-0.2, -0.15) is 0 Å². The molecule has 4 aliphatic rings. The van der Waals surface area contributed by atoms with Crippen LogP contribution in [0.3, 0.4) is 0 Å². The van der Waals surface area contributed by atoms with Gasteiger partial charge in [0.1, 0.15) is 0 Å². The Hall–Kier alpha value is -1.82. The van der Waals surface area contributed by atoms with Crippen molar-refractivity contribution < 1.29 is 0 Å². The fourth-order valence-corrected chi connectivity index (χ4v) is 2.52. The van der Waals surface area contributed by atoms with E-state index < -0.39 is 0 Å². The average Bonchev–Trinajstić information content (AvgIpc) is 2.80. The summed E-state index contributed by atoms with van der Waals surface area (Å²) in [5.74, 6) is 0. The number of fused-ring (bicyclic) bond motifs is 4. The Kier molecular flexibility index (Phi) is 0.935. The van der Waals surface area contributed by atoms with E-state index in [1.807, 2.05) is 0 Å². The molecule has 0 N–H and O–H groups in total. The third-order valence-corrected chi connectivity index (χ3v) is 3.17. The summed E-state index contributed by atoms with van der Waals surface area (Å²) in [5.41, 5.74) is 5.54. The van der Waals surface area contributed by atoms with Gasteiger partial charge in [0.15, 0.2) is 0 Å². The molecule has 0 aromatic rings. The van der Waals surface area contributed by atoms with Gasteiger partial charge in [-0.15, -0.1) is 0 Å². The molecule has 0 saturated carbocycles. The van der Waals surface area contributed by atoms with Crippen LogP contribution < -0.4 is 0 Å². The van der Waals surface area contributed by atoms with Gasteiger partial charge in [-0.3, -0.25) is 0 Å². The van der Waals surface area contributed by atoms with Crippen LogP contribution in [0.1, 0.15) is 0 Å². The fourth-order valence-electron chi connectivity index (χ4n) is 2.52. The minimum atomic E-state index is 1.37. The highest BCUT2D eigenvalue weighted by Crippen LogP contribution is 2.36. The Morgan fingerprint density at radius 1 is 0.571 bits per heavy atom. The van der Waals surface area contributed by atoms with Crippen molar-refractivity contribution in [3.8, 4) is 22.3 Å². The van der Waals surface area contributed by atoms with E-state index in [0.717, 1.165) is 0 Å². The number of rotatable bonds is 0. The van der Waals surface area contributed by atoms with E-state index in [9.17, 15) is 0 Å². The third kappa shape index (κ3) is 0.589. The Morgan fingerprint density at radius 2 is 1.07 bits per heavy atom. The minimum absolute atomic E-state index is 1.37. The molecule has 0 bridgehead atoms. The molecular formula is C14H8. The number of hydrogen-bond acceptors (Lipinski definition) is 0. The zero-order valence-corrected chi connectivity index (χ0v) is 7.62. The first-order chi connectivity index (χ1) is 6.93. The summed E-state index contributed by atoms with van der Waals surface area (Å²) in [6.45, 7) is 0. The Balaban J connectivity index is 2.37. The third-order valence-electron chi connectivity index (χ3n) is 3.17. The second-order valence-electron chi connectivity index (χ2n) is 3.91. The van der Waals surface area contributed by atoms with Crippen molar-refractivity contribution in [2.75, 3.05) is 0 Å². The molecule has 0 fully saturated rings. The molecule has 64 valence electrons. The van der Waals surface area contributed by atoms with Gasteiger partial charge in [-0.1, -0.05) is 36.4 Å².